The standard InChI is InChI=1S/C17H19ClN2O3S/c1-3-10-19-17(21)15-11-13(6-9-16(15)18)20-24(22,23)14-7-4-12(2)5-8-14/h4-9,11,20H,3,10H2,1-2H3,(H,19,21). The van der Waals surface area contributed by atoms with Crippen molar-refractivity contribution in [2.24, 2.45) is 0 Å². The molecular weight excluding hydrogens is 348 g/mol. The summed E-state index contributed by atoms with van der Waals surface area (Å²) < 4.78 is 27.3. The lowest BCUT2D eigenvalue weighted by Crippen LogP contribution is -2.24. The summed E-state index contributed by atoms with van der Waals surface area (Å²) in [4.78, 5) is 12.2. The van der Waals surface area contributed by atoms with Crippen molar-refractivity contribution in [1.82, 2.24) is 5.32 Å². The van der Waals surface area contributed by atoms with Crippen LogP contribution in [-0.2, 0) is 10.0 Å². The quantitative estimate of drug-likeness (QED) is 0.820. The van der Waals surface area contributed by atoms with Gasteiger partial charge in [0.2, 0.25) is 0 Å². The molecule has 24 heavy (non-hydrogen) atoms. The minimum Gasteiger partial charge on any atom is -0.352 e. The maximum Gasteiger partial charge on any atom is 0.261 e. The van der Waals surface area contributed by atoms with Crippen molar-refractivity contribution in [2.75, 3.05) is 11.3 Å². The Hall–Kier alpha value is -2.05. The van der Waals surface area contributed by atoms with Crippen molar-refractivity contribution in [3.63, 3.8) is 0 Å². The van der Waals surface area contributed by atoms with Gasteiger partial charge in [-0.1, -0.05) is 36.2 Å². The van der Waals surface area contributed by atoms with Crippen LogP contribution in [0, 0.1) is 6.92 Å². The van der Waals surface area contributed by atoms with E-state index in [1.165, 1.54) is 30.3 Å². The zero-order chi connectivity index (χ0) is 17.7. The number of aryl methyl sites for hydroxylation is 1. The van der Waals surface area contributed by atoms with Gasteiger partial charge in [-0.15, -0.1) is 0 Å². The predicted molar refractivity (Wildman–Crippen MR) is 96.1 cm³/mol. The summed E-state index contributed by atoms with van der Waals surface area (Å²) in [5.74, 6) is -0.335. The number of sulfonamides is 1. The summed E-state index contributed by atoms with van der Waals surface area (Å²) in [5, 5.41) is 2.98. The molecule has 2 N–H and O–H groups in total. The molecule has 0 bridgehead atoms. The van der Waals surface area contributed by atoms with Crippen LogP contribution in [-0.4, -0.2) is 20.9 Å². The molecule has 128 valence electrons. The van der Waals surface area contributed by atoms with Gasteiger partial charge in [-0.3, -0.25) is 9.52 Å². The highest BCUT2D eigenvalue weighted by Gasteiger charge is 2.16. The zero-order valence-corrected chi connectivity index (χ0v) is 15.0. The molecule has 0 fully saturated rings. The maximum absolute atomic E-state index is 12.4. The Bertz CT molecular complexity index is 833. The third kappa shape index (κ3) is 4.49. The molecule has 0 spiro atoms. The number of amides is 1. The van der Waals surface area contributed by atoms with Crippen LogP contribution in [0.25, 0.3) is 0 Å². The van der Waals surface area contributed by atoms with Crippen LogP contribution in [0.15, 0.2) is 47.4 Å². The van der Waals surface area contributed by atoms with Crippen LogP contribution in [0.5, 0.6) is 0 Å². The van der Waals surface area contributed by atoms with Gasteiger partial charge in [0.25, 0.3) is 15.9 Å². The van der Waals surface area contributed by atoms with Crippen LogP contribution < -0.4 is 10.0 Å². The van der Waals surface area contributed by atoms with Crippen molar-refractivity contribution in [3.05, 3.63) is 58.6 Å². The fourth-order valence-electron chi connectivity index (χ4n) is 2.03. The monoisotopic (exact) mass is 366 g/mol. The number of nitrogens with one attached hydrogen (secondary N) is 2. The fourth-order valence-corrected chi connectivity index (χ4v) is 3.28. The van der Waals surface area contributed by atoms with E-state index in [0.717, 1.165) is 12.0 Å². The van der Waals surface area contributed by atoms with Crippen molar-refractivity contribution in [3.8, 4) is 0 Å². The molecule has 0 aliphatic carbocycles. The normalized spacial score (nSPS) is 11.1. The molecule has 0 aliphatic heterocycles. The number of anilines is 1. The molecule has 0 radical (unpaired) electrons. The van der Waals surface area contributed by atoms with Crippen molar-refractivity contribution in [2.45, 2.75) is 25.2 Å². The van der Waals surface area contributed by atoms with Gasteiger partial charge in [0.05, 0.1) is 15.5 Å². The summed E-state index contributed by atoms with van der Waals surface area (Å²) in [6, 6.07) is 10.9. The molecule has 2 aromatic rings. The molecule has 0 heterocycles. The van der Waals surface area contributed by atoms with Gasteiger partial charge >= 0.3 is 0 Å². The number of halogens is 1. The van der Waals surface area contributed by atoms with E-state index in [4.69, 9.17) is 11.6 Å². The highest BCUT2D eigenvalue weighted by Crippen LogP contribution is 2.23. The smallest absolute Gasteiger partial charge is 0.261 e. The van der Waals surface area contributed by atoms with E-state index in [-0.39, 0.29) is 27.1 Å². The molecule has 0 atom stereocenters. The molecule has 0 unspecified atom stereocenters. The first kappa shape index (κ1) is 18.3. The number of benzene rings is 2. The van der Waals surface area contributed by atoms with Crippen LogP contribution in [0.2, 0.25) is 5.02 Å². The second kappa shape index (κ2) is 7.68. The van der Waals surface area contributed by atoms with E-state index in [2.05, 4.69) is 10.0 Å². The van der Waals surface area contributed by atoms with Crippen molar-refractivity contribution >= 4 is 33.2 Å². The SMILES string of the molecule is CCCNC(=O)c1cc(NS(=O)(=O)c2ccc(C)cc2)ccc1Cl. The minimum atomic E-state index is -3.73. The van der Waals surface area contributed by atoms with Gasteiger partial charge in [-0.25, -0.2) is 8.42 Å². The van der Waals surface area contributed by atoms with Crippen LogP contribution in [0.4, 0.5) is 5.69 Å². The molecule has 0 aliphatic rings. The summed E-state index contributed by atoms with van der Waals surface area (Å²) in [5.41, 5.74) is 1.48. The van der Waals surface area contributed by atoms with Crippen molar-refractivity contribution in [1.29, 1.82) is 0 Å². The molecule has 5 nitrogen and oxygen atoms in total. The van der Waals surface area contributed by atoms with Gasteiger partial charge in [0.1, 0.15) is 0 Å². The van der Waals surface area contributed by atoms with E-state index >= 15 is 0 Å². The lowest BCUT2D eigenvalue weighted by atomic mass is 10.2. The summed E-state index contributed by atoms with van der Waals surface area (Å²) in [6.45, 7) is 4.34. The topological polar surface area (TPSA) is 75.3 Å². The number of rotatable bonds is 6. The van der Waals surface area contributed by atoms with Crippen LogP contribution in [0.3, 0.4) is 0 Å². The van der Waals surface area contributed by atoms with Crippen LogP contribution in [0.1, 0.15) is 29.3 Å². The lowest BCUT2D eigenvalue weighted by molar-refractivity contribution is 0.0954. The number of carbonyl (C=O) groups excluding carboxylic acids is 1. The third-order valence-electron chi connectivity index (χ3n) is 3.33. The maximum atomic E-state index is 12.4. The highest BCUT2D eigenvalue weighted by atomic mass is 35.5. The predicted octanol–water partition coefficient (Wildman–Crippen LogP) is 3.59. The Balaban J connectivity index is 2.26. The number of carbonyl (C=O) groups is 1. The first-order chi connectivity index (χ1) is 11.3. The average Bonchev–Trinajstić information content (AvgIpc) is 2.54. The first-order valence-corrected chi connectivity index (χ1v) is 9.37. The van der Waals surface area contributed by atoms with Crippen LogP contribution >= 0.6 is 11.6 Å². The molecular formula is C17H19ClN2O3S. The lowest BCUT2D eigenvalue weighted by Gasteiger charge is -2.11. The van der Waals surface area contributed by atoms with Crippen molar-refractivity contribution < 1.29 is 13.2 Å². The van der Waals surface area contributed by atoms with Gasteiger partial charge in [-0.05, 0) is 43.7 Å². The fraction of sp³-hybridized carbons (Fsp3) is 0.235. The zero-order valence-electron chi connectivity index (χ0n) is 13.5. The Morgan fingerprint density at radius 2 is 1.79 bits per heavy atom. The number of hydrogen-bond acceptors (Lipinski definition) is 3. The highest BCUT2D eigenvalue weighted by molar-refractivity contribution is 7.92. The summed E-state index contributed by atoms with van der Waals surface area (Å²) in [6.07, 6.45) is 0.795. The Morgan fingerprint density at radius 1 is 1.12 bits per heavy atom. The largest absolute Gasteiger partial charge is 0.352 e. The average molecular weight is 367 g/mol. The Kier molecular flexibility index (Phi) is 5.85. The molecule has 0 aromatic heterocycles. The second-order valence-electron chi connectivity index (χ2n) is 5.37. The minimum absolute atomic E-state index is 0.153. The first-order valence-electron chi connectivity index (χ1n) is 7.50. The third-order valence-corrected chi connectivity index (χ3v) is 5.06. The van der Waals surface area contributed by atoms with E-state index in [1.807, 2.05) is 13.8 Å². The molecule has 0 saturated heterocycles. The summed E-state index contributed by atoms with van der Waals surface area (Å²) in [7, 11) is -3.73. The Labute approximate surface area is 147 Å². The molecule has 2 rings (SSSR count). The number of hydrogen-bond donors (Lipinski definition) is 2. The van der Waals surface area contributed by atoms with E-state index in [0.29, 0.717) is 6.54 Å². The van der Waals surface area contributed by atoms with Gasteiger partial charge in [0.15, 0.2) is 0 Å². The van der Waals surface area contributed by atoms with E-state index in [9.17, 15) is 13.2 Å². The summed E-state index contributed by atoms with van der Waals surface area (Å²) >= 11 is 6.04. The van der Waals surface area contributed by atoms with E-state index < -0.39 is 10.0 Å². The Morgan fingerprint density at radius 3 is 2.42 bits per heavy atom. The van der Waals surface area contributed by atoms with E-state index in [1.54, 1.807) is 12.1 Å². The van der Waals surface area contributed by atoms with Gasteiger partial charge < -0.3 is 5.32 Å². The molecule has 0 saturated carbocycles. The molecule has 7 heteroatoms. The molecule has 2 aromatic carbocycles. The second-order valence-corrected chi connectivity index (χ2v) is 7.46. The van der Waals surface area contributed by atoms with Gasteiger partial charge in [0, 0.05) is 12.2 Å². The van der Waals surface area contributed by atoms with Gasteiger partial charge in [-0.2, -0.15) is 0 Å². The molecule has 1 amide bonds.